The third-order valence-corrected chi connectivity index (χ3v) is 4.30. The molecule has 0 aromatic rings. The maximum absolute atomic E-state index is 9.94. The molecular weight excluding hydrogens is 228 g/mol. The van der Waals surface area contributed by atoms with Gasteiger partial charge in [0.15, 0.2) is 0 Å². The van der Waals surface area contributed by atoms with Gasteiger partial charge < -0.3 is 20.4 Å². The highest BCUT2D eigenvalue weighted by Crippen LogP contribution is 2.23. The Labute approximate surface area is 110 Å². The van der Waals surface area contributed by atoms with Gasteiger partial charge in [0.05, 0.1) is 12.2 Å². The number of aliphatic hydroxyl groups is 2. The molecule has 3 N–H and O–H groups in total. The van der Waals surface area contributed by atoms with Crippen LogP contribution in [0.3, 0.4) is 0 Å². The molecule has 0 radical (unpaired) electrons. The molecule has 0 amide bonds. The number of β-amino-alcohol motifs (C(OH)–C–C–N with tert-alkyl or cyclic N) is 1. The Kier molecular flexibility index (Phi) is 5.89. The molecule has 18 heavy (non-hydrogen) atoms. The zero-order chi connectivity index (χ0) is 12.8. The van der Waals surface area contributed by atoms with Gasteiger partial charge >= 0.3 is 0 Å². The molecule has 1 saturated carbocycles. The molecule has 1 aliphatic carbocycles. The maximum Gasteiger partial charge on any atom is 0.0791 e. The molecule has 2 rings (SSSR count). The fraction of sp³-hybridized carbons (Fsp3) is 1.00. The van der Waals surface area contributed by atoms with Gasteiger partial charge in [0.25, 0.3) is 0 Å². The van der Waals surface area contributed by atoms with E-state index >= 15 is 0 Å². The van der Waals surface area contributed by atoms with Crippen molar-refractivity contribution in [3.05, 3.63) is 0 Å². The van der Waals surface area contributed by atoms with E-state index in [2.05, 4.69) is 10.2 Å². The predicted molar refractivity (Wildman–Crippen MR) is 72.5 cm³/mol. The van der Waals surface area contributed by atoms with Gasteiger partial charge in [-0.25, -0.2) is 0 Å². The molecular formula is C14H28N2O2. The van der Waals surface area contributed by atoms with Crippen molar-refractivity contribution in [3.63, 3.8) is 0 Å². The minimum atomic E-state index is -0.239. The fourth-order valence-electron chi connectivity index (χ4n) is 3.13. The van der Waals surface area contributed by atoms with E-state index in [9.17, 15) is 10.2 Å². The molecule has 0 aromatic carbocycles. The van der Waals surface area contributed by atoms with E-state index in [1.807, 2.05) is 0 Å². The quantitative estimate of drug-likeness (QED) is 0.651. The predicted octanol–water partition coefficient (Wildman–Crippen LogP) is 0.584. The van der Waals surface area contributed by atoms with Crippen LogP contribution in [0, 0.1) is 5.92 Å². The van der Waals surface area contributed by atoms with Crippen LogP contribution in [0.15, 0.2) is 0 Å². The first kappa shape index (κ1) is 14.3. The Morgan fingerprint density at radius 3 is 2.44 bits per heavy atom. The normalized spacial score (nSPS) is 31.7. The summed E-state index contributed by atoms with van der Waals surface area (Å²) in [4.78, 5) is 2.35. The van der Waals surface area contributed by atoms with Gasteiger partial charge in [-0.2, -0.15) is 0 Å². The third kappa shape index (κ3) is 4.84. The molecule has 106 valence electrons. The van der Waals surface area contributed by atoms with Crippen LogP contribution >= 0.6 is 0 Å². The van der Waals surface area contributed by atoms with E-state index in [0.717, 1.165) is 51.9 Å². The lowest BCUT2D eigenvalue weighted by molar-refractivity contribution is 0.102. The number of aliphatic hydroxyl groups excluding tert-OH is 2. The lowest BCUT2D eigenvalue weighted by Crippen LogP contribution is -2.39. The summed E-state index contributed by atoms with van der Waals surface area (Å²) in [6.45, 7) is 4.81. The molecule has 1 unspecified atom stereocenters. The number of hydrogen-bond donors (Lipinski definition) is 3. The second kappa shape index (κ2) is 7.43. The lowest BCUT2D eigenvalue weighted by Gasteiger charge is -2.26. The Morgan fingerprint density at radius 2 is 1.78 bits per heavy atom. The summed E-state index contributed by atoms with van der Waals surface area (Å²) in [7, 11) is 0. The zero-order valence-electron chi connectivity index (χ0n) is 11.4. The number of hydrogen-bond acceptors (Lipinski definition) is 4. The van der Waals surface area contributed by atoms with Crippen molar-refractivity contribution in [2.45, 2.75) is 50.7 Å². The van der Waals surface area contributed by atoms with Crippen molar-refractivity contribution in [2.75, 3.05) is 32.7 Å². The first-order chi connectivity index (χ1) is 8.74. The summed E-state index contributed by atoms with van der Waals surface area (Å²) in [6, 6.07) is 0. The second-order valence-corrected chi connectivity index (χ2v) is 5.99. The van der Waals surface area contributed by atoms with Crippen LogP contribution in [-0.4, -0.2) is 60.0 Å². The lowest BCUT2D eigenvalue weighted by atomic mass is 9.87. The molecule has 1 aliphatic heterocycles. The van der Waals surface area contributed by atoms with E-state index < -0.39 is 0 Å². The molecule has 0 spiro atoms. The average molecular weight is 256 g/mol. The molecule has 1 atom stereocenters. The van der Waals surface area contributed by atoms with E-state index in [1.54, 1.807) is 0 Å². The highest BCUT2D eigenvalue weighted by molar-refractivity contribution is 4.75. The summed E-state index contributed by atoms with van der Waals surface area (Å²) < 4.78 is 0. The first-order valence-electron chi connectivity index (χ1n) is 7.53. The Bertz CT molecular complexity index is 224. The van der Waals surface area contributed by atoms with Crippen LogP contribution in [0.2, 0.25) is 0 Å². The van der Waals surface area contributed by atoms with Crippen LogP contribution in [-0.2, 0) is 0 Å². The van der Waals surface area contributed by atoms with Crippen LogP contribution in [0.1, 0.15) is 38.5 Å². The summed E-state index contributed by atoms with van der Waals surface area (Å²) >= 11 is 0. The first-order valence-corrected chi connectivity index (χ1v) is 7.53. The van der Waals surface area contributed by atoms with Gasteiger partial charge in [-0.15, -0.1) is 0 Å². The Balaban J connectivity index is 1.51. The standard InChI is InChI=1S/C14H28N2O2/c17-13-5-3-12(4-6-13)9-15-10-14(18)11-16-7-1-2-8-16/h12-15,17-18H,1-11H2. The summed E-state index contributed by atoms with van der Waals surface area (Å²) in [6.07, 6.45) is 6.40. The summed E-state index contributed by atoms with van der Waals surface area (Å²) in [5.74, 6) is 0.687. The SMILES string of the molecule is OC1CCC(CNCC(O)CN2CCCC2)CC1. The molecule has 0 bridgehead atoms. The van der Waals surface area contributed by atoms with Gasteiger partial charge in [0.2, 0.25) is 0 Å². The number of nitrogens with zero attached hydrogens (tertiary/aromatic N) is 1. The summed E-state index contributed by atoms with van der Waals surface area (Å²) in [5.41, 5.74) is 0. The van der Waals surface area contributed by atoms with Crippen molar-refractivity contribution in [1.82, 2.24) is 10.2 Å². The average Bonchev–Trinajstić information content (AvgIpc) is 2.84. The van der Waals surface area contributed by atoms with Crippen LogP contribution < -0.4 is 5.32 Å². The molecule has 2 fully saturated rings. The Morgan fingerprint density at radius 1 is 1.11 bits per heavy atom. The maximum atomic E-state index is 9.94. The van der Waals surface area contributed by atoms with Crippen molar-refractivity contribution in [3.8, 4) is 0 Å². The van der Waals surface area contributed by atoms with Gasteiger partial charge in [-0.1, -0.05) is 0 Å². The van der Waals surface area contributed by atoms with Crippen molar-refractivity contribution in [1.29, 1.82) is 0 Å². The Hall–Kier alpha value is -0.160. The summed E-state index contributed by atoms with van der Waals surface area (Å²) in [5, 5.41) is 22.8. The van der Waals surface area contributed by atoms with Crippen molar-refractivity contribution < 1.29 is 10.2 Å². The second-order valence-electron chi connectivity index (χ2n) is 5.99. The van der Waals surface area contributed by atoms with E-state index in [4.69, 9.17) is 0 Å². The van der Waals surface area contributed by atoms with E-state index in [0.29, 0.717) is 12.5 Å². The smallest absolute Gasteiger partial charge is 0.0791 e. The van der Waals surface area contributed by atoms with Crippen LogP contribution in [0.25, 0.3) is 0 Å². The van der Waals surface area contributed by atoms with Gasteiger partial charge in [-0.05, 0) is 64.1 Å². The van der Waals surface area contributed by atoms with Crippen LogP contribution in [0.5, 0.6) is 0 Å². The minimum absolute atomic E-state index is 0.0676. The monoisotopic (exact) mass is 256 g/mol. The highest BCUT2D eigenvalue weighted by Gasteiger charge is 2.20. The van der Waals surface area contributed by atoms with Crippen molar-refractivity contribution >= 4 is 0 Å². The number of nitrogens with one attached hydrogen (secondary N) is 1. The molecule has 1 heterocycles. The number of rotatable bonds is 6. The number of likely N-dealkylation sites (tertiary alicyclic amines) is 1. The fourth-order valence-corrected chi connectivity index (χ4v) is 3.13. The topological polar surface area (TPSA) is 55.7 Å². The third-order valence-electron chi connectivity index (χ3n) is 4.30. The van der Waals surface area contributed by atoms with Crippen LogP contribution in [0.4, 0.5) is 0 Å². The molecule has 0 aromatic heterocycles. The van der Waals surface area contributed by atoms with E-state index in [-0.39, 0.29) is 12.2 Å². The van der Waals surface area contributed by atoms with E-state index in [1.165, 1.54) is 12.8 Å². The molecule has 4 heteroatoms. The molecule has 2 aliphatic rings. The van der Waals surface area contributed by atoms with Gasteiger partial charge in [-0.3, -0.25) is 0 Å². The molecule has 1 saturated heterocycles. The highest BCUT2D eigenvalue weighted by atomic mass is 16.3. The van der Waals surface area contributed by atoms with Crippen molar-refractivity contribution in [2.24, 2.45) is 5.92 Å². The van der Waals surface area contributed by atoms with Gasteiger partial charge in [0, 0.05) is 13.1 Å². The largest absolute Gasteiger partial charge is 0.393 e. The van der Waals surface area contributed by atoms with Gasteiger partial charge in [0.1, 0.15) is 0 Å². The minimum Gasteiger partial charge on any atom is -0.393 e. The molecule has 4 nitrogen and oxygen atoms in total. The zero-order valence-corrected chi connectivity index (χ0v) is 11.4.